The fraction of sp³-hybridized carbons (Fsp3) is 0.875. The number of nitrogens with zero attached hydrogens (tertiary/aromatic N) is 1. The standard InChI is InChI=1S/C8H18N2O.ClH/c1-5-8(9,6-2)7(11)10(3)4;/h5-6,9H2,1-4H3;1H. The van der Waals surface area contributed by atoms with E-state index in [2.05, 4.69) is 0 Å². The van der Waals surface area contributed by atoms with Crippen molar-refractivity contribution in [3.63, 3.8) is 0 Å². The normalized spacial score (nSPS) is 10.4. The molecular weight excluding hydrogens is 176 g/mol. The molecule has 4 heteroatoms. The Hall–Kier alpha value is -0.280. The minimum atomic E-state index is -0.649. The molecule has 0 atom stereocenters. The highest BCUT2D eigenvalue weighted by Gasteiger charge is 2.30. The van der Waals surface area contributed by atoms with E-state index in [1.54, 1.807) is 19.0 Å². The van der Waals surface area contributed by atoms with Crippen LogP contribution < -0.4 is 18.1 Å². The lowest BCUT2D eigenvalue weighted by atomic mass is 9.93. The summed E-state index contributed by atoms with van der Waals surface area (Å²) < 4.78 is 0. The average molecular weight is 195 g/mol. The van der Waals surface area contributed by atoms with Crippen LogP contribution >= 0.6 is 0 Å². The number of amides is 1. The fourth-order valence-corrected chi connectivity index (χ4v) is 0.998. The molecule has 0 aliphatic heterocycles. The first kappa shape index (κ1) is 14.3. The number of likely N-dealkylation sites (N-methyl/N-ethyl adjacent to an activating group) is 1. The number of hydrogen-bond donors (Lipinski definition) is 1. The Balaban J connectivity index is -0.000000500. The van der Waals surface area contributed by atoms with Crippen LogP contribution in [0.1, 0.15) is 28.1 Å². The molecule has 0 aromatic heterocycles. The van der Waals surface area contributed by atoms with Crippen molar-refractivity contribution < 1.29 is 18.6 Å². The monoisotopic (exact) mass is 194 g/mol. The van der Waals surface area contributed by atoms with Crippen molar-refractivity contribution in [3.8, 4) is 0 Å². The quantitative estimate of drug-likeness (QED) is 0.550. The molecule has 0 saturated carbocycles. The van der Waals surface area contributed by atoms with Gasteiger partial charge in [-0.1, -0.05) is 13.8 Å². The minimum Gasteiger partial charge on any atom is -1.00 e. The Morgan fingerprint density at radius 1 is 1.42 bits per heavy atom. The molecule has 3 nitrogen and oxygen atoms in total. The van der Waals surface area contributed by atoms with E-state index < -0.39 is 5.54 Å². The SMILES string of the molecule is CCC(N)(CC)C(=O)N(C)C.[Cl-].[H+]. The maximum absolute atomic E-state index is 11.4. The maximum Gasteiger partial charge on any atom is 1.00 e. The van der Waals surface area contributed by atoms with Gasteiger partial charge in [-0.2, -0.15) is 0 Å². The van der Waals surface area contributed by atoms with E-state index in [1.165, 1.54) is 0 Å². The number of halogens is 1. The molecule has 0 radical (unpaired) electrons. The molecule has 0 aromatic carbocycles. The van der Waals surface area contributed by atoms with Gasteiger partial charge in [-0.3, -0.25) is 4.79 Å². The lowest BCUT2D eigenvalue weighted by Crippen LogP contribution is -3.00. The summed E-state index contributed by atoms with van der Waals surface area (Å²) in [4.78, 5) is 13.0. The van der Waals surface area contributed by atoms with Gasteiger partial charge in [0.2, 0.25) is 5.91 Å². The Kier molecular flexibility index (Phi) is 6.39. The van der Waals surface area contributed by atoms with Gasteiger partial charge >= 0.3 is 1.43 Å². The lowest BCUT2D eigenvalue weighted by Gasteiger charge is -2.28. The highest BCUT2D eigenvalue weighted by molar-refractivity contribution is 5.85. The number of carbonyl (C=O) groups excluding carboxylic acids is 1. The first-order valence-corrected chi connectivity index (χ1v) is 3.98. The first-order chi connectivity index (χ1) is 4.98. The summed E-state index contributed by atoms with van der Waals surface area (Å²) in [5.41, 5.74) is 5.20. The van der Waals surface area contributed by atoms with Gasteiger partial charge in [-0.25, -0.2) is 0 Å². The predicted molar refractivity (Wildman–Crippen MR) is 47.3 cm³/mol. The molecule has 0 aromatic rings. The Morgan fingerprint density at radius 3 is 1.83 bits per heavy atom. The van der Waals surface area contributed by atoms with E-state index >= 15 is 0 Å². The Morgan fingerprint density at radius 2 is 1.75 bits per heavy atom. The van der Waals surface area contributed by atoms with Crippen LogP contribution in [0.2, 0.25) is 0 Å². The molecule has 74 valence electrons. The topological polar surface area (TPSA) is 46.3 Å². The summed E-state index contributed by atoms with van der Waals surface area (Å²) >= 11 is 0. The third-order valence-corrected chi connectivity index (χ3v) is 2.09. The van der Waals surface area contributed by atoms with Crippen LogP contribution in [-0.2, 0) is 4.79 Å². The molecule has 0 aliphatic carbocycles. The van der Waals surface area contributed by atoms with Crippen molar-refractivity contribution in [1.29, 1.82) is 0 Å². The summed E-state index contributed by atoms with van der Waals surface area (Å²) in [6, 6.07) is 0. The van der Waals surface area contributed by atoms with Gasteiger partial charge in [-0.05, 0) is 12.8 Å². The highest BCUT2D eigenvalue weighted by Crippen LogP contribution is 2.13. The van der Waals surface area contributed by atoms with Gasteiger partial charge in [0.1, 0.15) is 0 Å². The molecule has 0 unspecified atom stereocenters. The van der Waals surface area contributed by atoms with Crippen molar-refractivity contribution in [2.75, 3.05) is 14.1 Å². The fourth-order valence-electron chi connectivity index (χ4n) is 0.998. The Labute approximate surface area is 82.2 Å². The van der Waals surface area contributed by atoms with Crippen molar-refractivity contribution >= 4 is 5.91 Å². The predicted octanol–water partition coefficient (Wildman–Crippen LogP) is -2.29. The molecule has 0 saturated heterocycles. The second kappa shape index (κ2) is 5.38. The summed E-state index contributed by atoms with van der Waals surface area (Å²) in [6.07, 6.45) is 1.39. The van der Waals surface area contributed by atoms with Gasteiger partial charge in [0.15, 0.2) is 0 Å². The molecule has 0 heterocycles. The van der Waals surface area contributed by atoms with E-state index in [1.807, 2.05) is 13.8 Å². The van der Waals surface area contributed by atoms with E-state index in [0.717, 1.165) is 0 Å². The van der Waals surface area contributed by atoms with Gasteiger partial charge in [0.05, 0.1) is 5.54 Å². The van der Waals surface area contributed by atoms with Crippen molar-refractivity contribution in [1.82, 2.24) is 4.90 Å². The van der Waals surface area contributed by atoms with E-state index in [-0.39, 0.29) is 19.7 Å². The number of hydrogen-bond acceptors (Lipinski definition) is 2. The van der Waals surface area contributed by atoms with Gasteiger partial charge < -0.3 is 23.0 Å². The number of nitrogens with two attached hydrogens (primary N) is 1. The Bertz CT molecular complexity index is 149. The molecule has 12 heavy (non-hydrogen) atoms. The van der Waals surface area contributed by atoms with Crippen LogP contribution in [0.5, 0.6) is 0 Å². The van der Waals surface area contributed by atoms with E-state index in [9.17, 15) is 4.79 Å². The van der Waals surface area contributed by atoms with Gasteiger partial charge in [-0.15, -0.1) is 0 Å². The van der Waals surface area contributed by atoms with Crippen LogP contribution in [0.3, 0.4) is 0 Å². The molecule has 2 N–H and O–H groups in total. The number of carbonyl (C=O) groups is 1. The second-order valence-electron chi connectivity index (χ2n) is 3.06. The van der Waals surface area contributed by atoms with E-state index in [4.69, 9.17) is 5.73 Å². The molecule has 0 spiro atoms. The van der Waals surface area contributed by atoms with Crippen LogP contribution in [0.15, 0.2) is 0 Å². The van der Waals surface area contributed by atoms with Crippen molar-refractivity contribution in [2.45, 2.75) is 32.2 Å². The summed E-state index contributed by atoms with van der Waals surface area (Å²) in [7, 11) is 3.46. The summed E-state index contributed by atoms with van der Waals surface area (Å²) in [5, 5.41) is 0. The zero-order valence-electron chi connectivity index (χ0n) is 9.22. The maximum atomic E-state index is 11.4. The third kappa shape index (κ3) is 2.99. The number of rotatable bonds is 3. The molecular formula is C8H19ClN2O. The van der Waals surface area contributed by atoms with Gasteiger partial charge in [0.25, 0.3) is 0 Å². The zero-order chi connectivity index (χ0) is 9.07. The molecule has 0 rings (SSSR count). The van der Waals surface area contributed by atoms with Crippen LogP contribution in [-0.4, -0.2) is 30.4 Å². The van der Waals surface area contributed by atoms with Crippen LogP contribution in [0.25, 0.3) is 0 Å². The van der Waals surface area contributed by atoms with Crippen LogP contribution in [0, 0.1) is 0 Å². The van der Waals surface area contributed by atoms with Gasteiger partial charge in [0, 0.05) is 14.1 Å². The average Bonchev–Trinajstić information content (AvgIpc) is 2.01. The molecule has 0 aliphatic rings. The van der Waals surface area contributed by atoms with Crippen LogP contribution in [0.4, 0.5) is 0 Å². The third-order valence-electron chi connectivity index (χ3n) is 2.09. The molecule has 1 amide bonds. The smallest absolute Gasteiger partial charge is 1.00 e. The van der Waals surface area contributed by atoms with Crippen molar-refractivity contribution in [2.24, 2.45) is 5.73 Å². The highest BCUT2D eigenvalue weighted by atomic mass is 35.5. The largest absolute Gasteiger partial charge is 1.00 e. The van der Waals surface area contributed by atoms with Crippen molar-refractivity contribution in [3.05, 3.63) is 0 Å². The summed E-state index contributed by atoms with van der Waals surface area (Å²) in [6.45, 7) is 3.87. The minimum absolute atomic E-state index is 0. The molecule has 0 fully saturated rings. The zero-order valence-corrected chi connectivity index (χ0v) is 8.98. The summed E-state index contributed by atoms with van der Waals surface area (Å²) in [5.74, 6) is 0.0162. The first-order valence-electron chi connectivity index (χ1n) is 3.98. The molecule has 0 bridgehead atoms. The van der Waals surface area contributed by atoms with E-state index in [0.29, 0.717) is 12.8 Å². The second-order valence-corrected chi connectivity index (χ2v) is 3.06. The lowest BCUT2D eigenvalue weighted by molar-refractivity contribution is -0.134.